The van der Waals surface area contributed by atoms with Crippen molar-refractivity contribution in [2.24, 2.45) is 0 Å². The van der Waals surface area contributed by atoms with Crippen LogP contribution in [0.25, 0.3) is 0 Å². The van der Waals surface area contributed by atoms with Crippen LogP contribution in [0.2, 0.25) is 0 Å². The van der Waals surface area contributed by atoms with Crippen LogP contribution < -0.4 is 16.6 Å². The third kappa shape index (κ3) is 4.96. The predicted molar refractivity (Wildman–Crippen MR) is 106 cm³/mol. The minimum Gasteiger partial charge on any atom is -0.382 e. The van der Waals surface area contributed by atoms with Crippen LogP contribution in [-0.4, -0.2) is 20.8 Å². The summed E-state index contributed by atoms with van der Waals surface area (Å²) in [6.07, 6.45) is 0. The van der Waals surface area contributed by atoms with Crippen molar-refractivity contribution < 1.29 is 14.1 Å². The monoisotopic (exact) mass is 415 g/mol. The maximum Gasteiger partial charge on any atom is 0.277 e. The molecule has 0 saturated heterocycles. The molecule has 1 aromatic heterocycles. The van der Waals surface area contributed by atoms with E-state index in [1.807, 2.05) is 0 Å². The summed E-state index contributed by atoms with van der Waals surface area (Å²) in [5, 5.41) is 13.4. The Balaban J connectivity index is 1.73. The first-order chi connectivity index (χ1) is 13.8. The van der Waals surface area contributed by atoms with Gasteiger partial charge in [0.2, 0.25) is 0 Å². The average molecular weight is 415 g/mol. The summed E-state index contributed by atoms with van der Waals surface area (Å²) in [6, 6.07) is 10.8. The highest BCUT2D eigenvalue weighted by molar-refractivity contribution is 7.98. The zero-order valence-corrected chi connectivity index (χ0v) is 15.5. The number of nitrogens with one attached hydrogen (secondary N) is 2. The van der Waals surface area contributed by atoms with Gasteiger partial charge in [-0.2, -0.15) is 0 Å². The summed E-state index contributed by atoms with van der Waals surface area (Å²) in [7, 11) is 0. The highest BCUT2D eigenvalue weighted by Crippen LogP contribution is 2.23. The third-order valence-electron chi connectivity index (χ3n) is 3.77. The molecule has 9 nitrogen and oxygen atoms in total. The molecule has 0 bridgehead atoms. The lowest BCUT2D eigenvalue weighted by Gasteiger charge is -2.08. The van der Waals surface area contributed by atoms with Crippen LogP contribution in [0.15, 0.2) is 58.5 Å². The number of hydrogen-bond donors (Lipinski definition) is 3. The molecule has 0 aliphatic heterocycles. The number of nitrogen functional groups attached to an aromatic ring is 1. The molecule has 0 atom stereocenters. The van der Waals surface area contributed by atoms with Gasteiger partial charge in [0.1, 0.15) is 11.5 Å². The molecule has 3 rings (SSSR count). The molecule has 148 valence electrons. The number of amides is 1. The van der Waals surface area contributed by atoms with Crippen molar-refractivity contribution in [3.8, 4) is 0 Å². The van der Waals surface area contributed by atoms with Gasteiger partial charge in [0.05, 0.1) is 4.92 Å². The maximum absolute atomic E-state index is 13.0. The van der Waals surface area contributed by atoms with Crippen molar-refractivity contribution in [1.29, 1.82) is 0 Å². The van der Waals surface area contributed by atoms with Gasteiger partial charge in [-0.1, -0.05) is 23.9 Å². The highest BCUT2D eigenvalue weighted by Gasteiger charge is 2.14. The Kier molecular flexibility index (Phi) is 5.88. The Bertz CT molecular complexity index is 1130. The molecule has 0 fully saturated rings. The molecule has 2 aromatic carbocycles. The first-order valence-electron chi connectivity index (χ1n) is 8.16. The number of rotatable bonds is 6. The number of H-pyrrole nitrogens is 1. The second kappa shape index (κ2) is 8.52. The van der Waals surface area contributed by atoms with Gasteiger partial charge in [-0.15, -0.1) is 0 Å². The molecular weight excluding hydrogens is 401 g/mol. The van der Waals surface area contributed by atoms with Crippen molar-refractivity contribution in [1.82, 2.24) is 9.97 Å². The topological polar surface area (TPSA) is 144 Å². The number of aromatic amines is 1. The molecule has 0 aliphatic rings. The second-order valence-corrected chi connectivity index (χ2v) is 6.77. The van der Waals surface area contributed by atoms with E-state index in [-0.39, 0.29) is 27.9 Å². The molecule has 1 amide bonds. The van der Waals surface area contributed by atoms with Gasteiger partial charge >= 0.3 is 0 Å². The van der Waals surface area contributed by atoms with Crippen LogP contribution in [0, 0.1) is 15.9 Å². The summed E-state index contributed by atoms with van der Waals surface area (Å²) >= 11 is 1.12. The standard InChI is InChI=1S/C18H14FN5O4S/c19-12-6-4-11(5-7-12)16(25)21-14-15(20)22-18(23-17(14)26)29-9-10-2-1-3-13(8-10)24(27)28/h1-8H,9H2,(H,21,25)(H3,20,22,23,26). The van der Waals surface area contributed by atoms with E-state index < -0.39 is 22.2 Å². The van der Waals surface area contributed by atoms with E-state index in [4.69, 9.17) is 5.73 Å². The van der Waals surface area contributed by atoms with Crippen molar-refractivity contribution >= 4 is 34.9 Å². The fraction of sp³-hybridized carbons (Fsp3) is 0.0556. The number of benzene rings is 2. The molecule has 4 N–H and O–H groups in total. The fourth-order valence-corrected chi connectivity index (χ4v) is 3.17. The van der Waals surface area contributed by atoms with Gasteiger partial charge < -0.3 is 11.1 Å². The summed E-state index contributed by atoms with van der Waals surface area (Å²) in [5.41, 5.74) is 5.69. The van der Waals surface area contributed by atoms with E-state index in [9.17, 15) is 24.1 Å². The smallest absolute Gasteiger partial charge is 0.277 e. The fourth-order valence-electron chi connectivity index (χ4n) is 2.36. The van der Waals surface area contributed by atoms with Gasteiger partial charge in [0.15, 0.2) is 11.0 Å². The Labute approximate surface area is 167 Å². The molecule has 0 aliphatic carbocycles. The van der Waals surface area contributed by atoms with Gasteiger partial charge in [-0.05, 0) is 29.8 Å². The van der Waals surface area contributed by atoms with E-state index in [1.54, 1.807) is 12.1 Å². The van der Waals surface area contributed by atoms with Crippen LogP contribution in [0.5, 0.6) is 0 Å². The van der Waals surface area contributed by atoms with Gasteiger partial charge in [-0.25, -0.2) is 9.37 Å². The zero-order chi connectivity index (χ0) is 21.0. The zero-order valence-electron chi connectivity index (χ0n) is 14.7. The first-order valence-corrected chi connectivity index (χ1v) is 9.15. The van der Waals surface area contributed by atoms with Crippen LogP contribution in [0.1, 0.15) is 15.9 Å². The molecule has 0 radical (unpaired) electrons. The molecule has 11 heteroatoms. The Hall–Kier alpha value is -3.73. The van der Waals surface area contributed by atoms with Gasteiger partial charge in [0.25, 0.3) is 17.2 Å². The normalized spacial score (nSPS) is 10.5. The number of anilines is 2. The number of nitrogens with zero attached hydrogens (tertiary/aromatic N) is 2. The number of halogens is 1. The van der Waals surface area contributed by atoms with Crippen molar-refractivity contribution in [2.45, 2.75) is 10.9 Å². The summed E-state index contributed by atoms with van der Waals surface area (Å²) < 4.78 is 13.0. The van der Waals surface area contributed by atoms with Crippen molar-refractivity contribution in [3.63, 3.8) is 0 Å². The number of nitrogens with two attached hydrogens (primary N) is 1. The Morgan fingerprint density at radius 1 is 1.28 bits per heavy atom. The lowest BCUT2D eigenvalue weighted by Crippen LogP contribution is -2.23. The molecule has 0 unspecified atom stereocenters. The van der Waals surface area contributed by atoms with Crippen LogP contribution >= 0.6 is 11.8 Å². The number of carbonyl (C=O) groups is 1. The number of hydrogen-bond acceptors (Lipinski definition) is 7. The van der Waals surface area contributed by atoms with E-state index in [1.165, 1.54) is 24.3 Å². The lowest BCUT2D eigenvalue weighted by molar-refractivity contribution is -0.384. The summed E-state index contributed by atoms with van der Waals surface area (Å²) in [5.74, 6) is -1.01. The average Bonchev–Trinajstić information content (AvgIpc) is 2.69. The Morgan fingerprint density at radius 2 is 2.00 bits per heavy atom. The number of nitro groups is 1. The van der Waals surface area contributed by atoms with E-state index in [0.717, 1.165) is 23.9 Å². The van der Waals surface area contributed by atoms with Crippen molar-refractivity contribution in [2.75, 3.05) is 11.1 Å². The minimum atomic E-state index is -0.658. The first kappa shape index (κ1) is 20.0. The van der Waals surface area contributed by atoms with Crippen LogP contribution in [-0.2, 0) is 5.75 Å². The number of aromatic nitrogens is 2. The SMILES string of the molecule is Nc1nc(SCc2cccc([N+](=O)[O-])c2)[nH]c(=O)c1NC(=O)c1ccc(F)cc1. The Morgan fingerprint density at radius 3 is 2.66 bits per heavy atom. The van der Waals surface area contributed by atoms with Gasteiger partial charge in [0, 0.05) is 23.4 Å². The molecule has 1 heterocycles. The van der Waals surface area contributed by atoms with Gasteiger partial charge in [-0.3, -0.25) is 24.7 Å². The highest BCUT2D eigenvalue weighted by atomic mass is 32.2. The largest absolute Gasteiger partial charge is 0.382 e. The van der Waals surface area contributed by atoms with E-state index in [2.05, 4.69) is 15.3 Å². The molecule has 3 aromatic rings. The number of thioether (sulfide) groups is 1. The molecule has 0 saturated carbocycles. The lowest BCUT2D eigenvalue weighted by atomic mass is 10.2. The van der Waals surface area contributed by atoms with E-state index >= 15 is 0 Å². The second-order valence-electron chi connectivity index (χ2n) is 5.81. The van der Waals surface area contributed by atoms with Crippen molar-refractivity contribution in [3.05, 3.63) is 85.9 Å². The number of nitro benzene ring substituents is 1. The number of non-ortho nitro benzene ring substituents is 1. The minimum absolute atomic E-state index is 0.0390. The predicted octanol–water partition coefficient (Wildman–Crippen LogP) is 2.94. The summed E-state index contributed by atoms with van der Waals surface area (Å²) in [4.78, 5) is 41.3. The molecule has 0 spiro atoms. The number of carbonyl (C=O) groups excluding carboxylic acids is 1. The molecule has 29 heavy (non-hydrogen) atoms. The molecular formula is C18H14FN5O4S. The van der Waals surface area contributed by atoms with Crippen LogP contribution in [0.3, 0.4) is 0 Å². The van der Waals surface area contributed by atoms with E-state index in [0.29, 0.717) is 11.3 Å². The van der Waals surface area contributed by atoms with Crippen LogP contribution in [0.4, 0.5) is 21.6 Å². The summed E-state index contributed by atoms with van der Waals surface area (Å²) in [6.45, 7) is 0. The maximum atomic E-state index is 13.0. The third-order valence-corrected chi connectivity index (χ3v) is 4.71. The quantitative estimate of drug-likeness (QED) is 0.243.